The Morgan fingerprint density at radius 3 is 2.47 bits per heavy atom. The van der Waals surface area contributed by atoms with Crippen LogP contribution in [0.2, 0.25) is 5.02 Å². The molecular formula is C24H27ClF5N5O3. The minimum Gasteiger partial charge on any atom is -0.428 e. The number of aromatic nitrogens is 1. The van der Waals surface area contributed by atoms with Gasteiger partial charge in [-0.1, -0.05) is 24.4 Å². The minimum atomic E-state index is -4.93. The van der Waals surface area contributed by atoms with Crippen LogP contribution < -0.4 is 21.1 Å². The Hall–Kier alpha value is -3.35. The molecule has 14 heteroatoms. The summed E-state index contributed by atoms with van der Waals surface area (Å²) in [5.41, 5.74) is 3.41. The highest BCUT2D eigenvalue weighted by atomic mass is 35.5. The Bertz CT molecular complexity index is 1130. The average Bonchev–Trinajstić information content (AvgIpc) is 3.34. The van der Waals surface area contributed by atoms with Crippen molar-refractivity contribution < 1.29 is 36.3 Å². The summed E-state index contributed by atoms with van der Waals surface area (Å²) in [5, 5.41) is 5.72. The number of nitrogens with one attached hydrogen (secondary N) is 2. The molecule has 38 heavy (non-hydrogen) atoms. The molecule has 1 heterocycles. The van der Waals surface area contributed by atoms with Crippen LogP contribution in [0.15, 0.2) is 36.5 Å². The van der Waals surface area contributed by atoms with Gasteiger partial charge in [0.05, 0.1) is 17.3 Å². The van der Waals surface area contributed by atoms with E-state index in [0.717, 1.165) is 42.7 Å². The van der Waals surface area contributed by atoms with Crippen LogP contribution in [0, 0.1) is 5.82 Å². The maximum absolute atomic E-state index is 14.8. The van der Waals surface area contributed by atoms with E-state index in [0.29, 0.717) is 6.07 Å². The lowest BCUT2D eigenvalue weighted by Crippen LogP contribution is -2.59. The number of pyridine rings is 1. The summed E-state index contributed by atoms with van der Waals surface area (Å²) in [6.07, 6.45) is -4.64. The van der Waals surface area contributed by atoms with Gasteiger partial charge in [0.2, 0.25) is 0 Å². The molecule has 4 N–H and O–H groups in total. The van der Waals surface area contributed by atoms with E-state index >= 15 is 0 Å². The molecule has 1 aliphatic carbocycles. The third kappa shape index (κ3) is 6.94. The van der Waals surface area contributed by atoms with Gasteiger partial charge in [0.25, 0.3) is 0 Å². The molecule has 1 aliphatic rings. The smallest absolute Gasteiger partial charge is 0.428 e. The van der Waals surface area contributed by atoms with Crippen molar-refractivity contribution in [3.63, 3.8) is 0 Å². The quantitative estimate of drug-likeness (QED) is 0.354. The summed E-state index contributed by atoms with van der Waals surface area (Å²) in [6, 6.07) is 3.25. The molecule has 2 aromatic rings. The van der Waals surface area contributed by atoms with E-state index in [9.17, 15) is 31.5 Å². The highest BCUT2D eigenvalue weighted by Gasteiger charge is 2.45. The van der Waals surface area contributed by atoms with Gasteiger partial charge in [0, 0.05) is 24.8 Å². The van der Waals surface area contributed by atoms with Crippen molar-refractivity contribution >= 4 is 23.7 Å². The number of likely N-dealkylation sites (N-methyl/N-ethyl adjacent to an activating group) is 1. The number of carbonyl (C=O) groups excluding carboxylic acids is 2. The molecule has 0 radical (unpaired) electrons. The fourth-order valence-electron chi connectivity index (χ4n) is 4.31. The fraction of sp³-hybridized carbons (Fsp3) is 0.458. The van der Waals surface area contributed by atoms with E-state index in [1.54, 1.807) is 6.92 Å². The molecule has 208 valence electrons. The number of ether oxygens (including phenoxy) is 1. The molecule has 8 nitrogen and oxygen atoms in total. The molecule has 3 rings (SSSR count). The number of urea groups is 2. The van der Waals surface area contributed by atoms with Crippen molar-refractivity contribution in [3.8, 4) is 5.75 Å². The lowest BCUT2D eigenvalue weighted by Gasteiger charge is -2.39. The Balaban J connectivity index is 2.19. The zero-order valence-electron chi connectivity index (χ0n) is 20.3. The Morgan fingerprint density at radius 1 is 1.24 bits per heavy atom. The van der Waals surface area contributed by atoms with Crippen LogP contribution in [0.25, 0.3) is 0 Å². The number of halogens is 6. The lowest BCUT2D eigenvalue weighted by molar-refractivity contribution is -0.253. The molecule has 1 atom stereocenters. The van der Waals surface area contributed by atoms with Crippen molar-refractivity contribution in [2.75, 3.05) is 13.1 Å². The van der Waals surface area contributed by atoms with Crippen LogP contribution in [0.3, 0.4) is 0 Å². The van der Waals surface area contributed by atoms with Gasteiger partial charge >= 0.3 is 24.6 Å². The first kappa shape index (κ1) is 29.2. The Labute approximate surface area is 220 Å². The number of nitrogens with zero attached hydrogens (tertiary/aromatic N) is 2. The molecular weight excluding hydrogens is 537 g/mol. The van der Waals surface area contributed by atoms with E-state index in [4.69, 9.17) is 17.3 Å². The minimum absolute atomic E-state index is 0.0281. The molecule has 0 bridgehead atoms. The van der Waals surface area contributed by atoms with Crippen molar-refractivity contribution in [2.45, 2.75) is 56.7 Å². The van der Waals surface area contributed by atoms with Gasteiger partial charge in [-0.3, -0.25) is 4.98 Å². The summed E-state index contributed by atoms with van der Waals surface area (Å²) in [5.74, 6) is -2.08. The molecule has 1 fully saturated rings. The summed E-state index contributed by atoms with van der Waals surface area (Å²) in [6.45, 7) is 1.20. The third-order valence-electron chi connectivity index (χ3n) is 6.18. The van der Waals surface area contributed by atoms with Crippen molar-refractivity contribution in [3.05, 3.63) is 58.6 Å². The monoisotopic (exact) mass is 563 g/mol. The number of nitrogens with two attached hydrogens (primary N) is 1. The largest absolute Gasteiger partial charge is 0.461 e. The Morgan fingerprint density at radius 2 is 1.92 bits per heavy atom. The molecule has 1 aromatic carbocycles. The van der Waals surface area contributed by atoms with E-state index in [2.05, 4.69) is 20.4 Å². The van der Waals surface area contributed by atoms with Crippen molar-refractivity contribution in [1.82, 2.24) is 20.5 Å². The first-order chi connectivity index (χ1) is 17.9. The standard InChI is InChI=1S/C24H27ClF5N5O3/c1-2-35(21(31)36)13-23(19-8-7-15(25)12-32-19,34-22(37)33-17-5-3-4-6-17)14-9-16(26)11-18(10-14)38-24(29,30)20(27)28/h7-12,17,20H,2-6,13H2,1H3,(H2,31,36)(H2,33,34,37). The van der Waals surface area contributed by atoms with Gasteiger partial charge in [0.1, 0.15) is 17.1 Å². The van der Waals surface area contributed by atoms with Crippen LogP contribution in [-0.4, -0.2) is 53.6 Å². The molecule has 0 aliphatic heterocycles. The van der Waals surface area contributed by atoms with Crippen LogP contribution in [0.1, 0.15) is 43.9 Å². The second kappa shape index (κ2) is 12.0. The number of primary amides is 1. The molecule has 0 spiro atoms. The fourth-order valence-corrected chi connectivity index (χ4v) is 4.42. The highest BCUT2D eigenvalue weighted by Crippen LogP contribution is 2.36. The zero-order valence-corrected chi connectivity index (χ0v) is 21.1. The summed E-state index contributed by atoms with van der Waals surface area (Å²) in [7, 11) is 0. The maximum Gasteiger partial charge on any atom is 0.461 e. The lowest BCUT2D eigenvalue weighted by atomic mass is 9.84. The number of rotatable bonds is 10. The van der Waals surface area contributed by atoms with Crippen molar-refractivity contribution in [2.24, 2.45) is 5.73 Å². The summed E-state index contributed by atoms with van der Waals surface area (Å²) >= 11 is 5.98. The highest BCUT2D eigenvalue weighted by molar-refractivity contribution is 6.30. The SMILES string of the molecule is CCN(CC(NC(=O)NC1CCCC1)(c1cc(F)cc(OC(F)(F)C(F)F)c1)c1ccc(Cl)cn1)C(N)=O. The number of carbonyl (C=O) groups is 2. The third-order valence-corrected chi connectivity index (χ3v) is 6.40. The Kier molecular flexibility index (Phi) is 9.23. The summed E-state index contributed by atoms with van der Waals surface area (Å²) in [4.78, 5) is 30.7. The number of amides is 4. The van der Waals surface area contributed by atoms with Gasteiger partial charge < -0.3 is 26.0 Å². The van der Waals surface area contributed by atoms with Gasteiger partial charge in [-0.15, -0.1) is 0 Å². The molecule has 4 amide bonds. The van der Waals surface area contributed by atoms with E-state index in [1.165, 1.54) is 18.3 Å². The van der Waals surface area contributed by atoms with E-state index < -0.39 is 48.2 Å². The zero-order chi connectivity index (χ0) is 28.1. The van der Waals surface area contributed by atoms with E-state index in [1.807, 2.05) is 0 Å². The van der Waals surface area contributed by atoms with Gasteiger partial charge in [-0.05, 0) is 49.6 Å². The average molecular weight is 564 g/mol. The van der Waals surface area contributed by atoms with E-state index in [-0.39, 0.29) is 28.9 Å². The van der Waals surface area contributed by atoms with Gasteiger partial charge in [-0.2, -0.15) is 17.6 Å². The number of alkyl halides is 4. The van der Waals surface area contributed by atoms with Crippen LogP contribution in [0.4, 0.5) is 31.5 Å². The van der Waals surface area contributed by atoms with Crippen LogP contribution >= 0.6 is 11.6 Å². The molecule has 1 aromatic heterocycles. The van der Waals surface area contributed by atoms with Crippen molar-refractivity contribution in [1.29, 1.82) is 0 Å². The predicted octanol–water partition coefficient (Wildman–Crippen LogP) is 5.00. The summed E-state index contributed by atoms with van der Waals surface area (Å²) < 4.78 is 71.9. The second-order valence-electron chi connectivity index (χ2n) is 8.84. The molecule has 1 unspecified atom stereocenters. The maximum atomic E-state index is 14.8. The van der Waals surface area contributed by atoms with Crippen LogP contribution in [0.5, 0.6) is 5.75 Å². The molecule has 0 saturated heterocycles. The molecule has 1 saturated carbocycles. The van der Waals surface area contributed by atoms with Gasteiger partial charge in [-0.25, -0.2) is 14.0 Å². The topological polar surface area (TPSA) is 110 Å². The number of hydrogen-bond donors (Lipinski definition) is 3. The number of hydrogen-bond acceptors (Lipinski definition) is 4. The normalized spacial score (nSPS) is 15.7. The predicted molar refractivity (Wildman–Crippen MR) is 129 cm³/mol. The van der Waals surface area contributed by atoms with Gasteiger partial charge in [0.15, 0.2) is 0 Å². The second-order valence-corrected chi connectivity index (χ2v) is 9.28. The van der Waals surface area contributed by atoms with Crippen LogP contribution in [-0.2, 0) is 5.54 Å². The first-order valence-electron chi connectivity index (χ1n) is 11.8. The number of benzene rings is 1. The first-order valence-corrected chi connectivity index (χ1v) is 12.1.